The van der Waals surface area contributed by atoms with Crippen molar-refractivity contribution in [3.8, 4) is 0 Å². The highest BCUT2D eigenvalue weighted by Gasteiger charge is 2.13. The van der Waals surface area contributed by atoms with Crippen molar-refractivity contribution < 1.29 is 9.00 Å². The fraction of sp³-hybridized carbons (Fsp3) is 0.500. The SMILES string of the molecule is CC(C)(C)NC(=O)CCC[S@](=O)c1ccc(Br)cc1. The Kier molecular flexibility index (Phi) is 6.20. The lowest BCUT2D eigenvalue weighted by molar-refractivity contribution is -0.122. The highest BCUT2D eigenvalue weighted by Crippen LogP contribution is 2.14. The molecule has 0 saturated heterocycles. The maximum Gasteiger partial charge on any atom is 0.220 e. The number of nitrogens with one attached hydrogen (secondary N) is 1. The molecule has 0 aliphatic carbocycles. The minimum Gasteiger partial charge on any atom is -0.352 e. The minimum absolute atomic E-state index is 0.0142. The average Bonchev–Trinajstić information content (AvgIpc) is 2.27. The van der Waals surface area contributed by atoms with Gasteiger partial charge in [-0.25, -0.2) is 0 Å². The van der Waals surface area contributed by atoms with E-state index in [1.54, 1.807) is 0 Å². The van der Waals surface area contributed by atoms with Gasteiger partial charge in [0.15, 0.2) is 0 Å². The van der Waals surface area contributed by atoms with E-state index in [4.69, 9.17) is 0 Å². The fourth-order valence-corrected chi connectivity index (χ4v) is 2.90. The van der Waals surface area contributed by atoms with E-state index in [9.17, 15) is 9.00 Å². The lowest BCUT2D eigenvalue weighted by Crippen LogP contribution is -2.40. The molecule has 0 spiro atoms. The van der Waals surface area contributed by atoms with Crippen LogP contribution in [-0.4, -0.2) is 21.4 Å². The van der Waals surface area contributed by atoms with Crippen molar-refractivity contribution in [1.82, 2.24) is 5.32 Å². The van der Waals surface area contributed by atoms with Crippen LogP contribution in [0.2, 0.25) is 0 Å². The number of benzene rings is 1. The molecule has 0 radical (unpaired) electrons. The summed E-state index contributed by atoms with van der Waals surface area (Å²) in [5.74, 6) is 0.527. The summed E-state index contributed by atoms with van der Waals surface area (Å²) in [7, 11) is -1.03. The molecule has 0 aromatic heterocycles. The molecule has 1 rings (SSSR count). The zero-order chi connectivity index (χ0) is 14.5. The van der Waals surface area contributed by atoms with Crippen molar-refractivity contribution in [3.63, 3.8) is 0 Å². The largest absolute Gasteiger partial charge is 0.352 e. The van der Waals surface area contributed by atoms with Gasteiger partial charge in [-0.05, 0) is 51.5 Å². The summed E-state index contributed by atoms with van der Waals surface area (Å²) in [5, 5.41) is 2.90. The van der Waals surface area contributed by atoms with Crippen molar-refractivity contribution in [2.45, 2.75) is 44.0 Å². The Balaban J connectivity index is 2.35. The topological polar surface area (TPSA) is 46.2 Å². The van der Waals surface area contributed by atoms with Crippen LogP contribution in [0.4, 0.5) is 0 Å². The maximum atomic E-state index is 12.0. The van der Waals surface area contributed by atoms with Crippen LogP contribution in [0, 0.1) is 0 Å². The van der Waals surface area contributed by atoms with Crippen LogP contribution in [0.1, 0.15) is 33.6 Å². The van der Waals surface area contributed by atoms with Gasteiger partial charge in [0, 0.05) is 27.1 Å². The quantitative estimate of drug-likeness (QED) is 0.890. The van der Waals surface area contributed by atoms with Crippen LogP contribution in [0.25, 0.3) is 0 Å². The van der Waals surface area contributed by atoms with Gasteiger partial charge in [0.05, 0.1) is 10.8 Å². The Bertz CT molecular complexity index is 452. The lowest BCUT2D eigenvalue weighted by atomic mass is 10.1. The molecule has 106 valence electrons. The molecule has 19 heavy (non-hydrogen) atoms. The van der Waals surface area contributed by atoms with Gasteiger partial charge in [0.2, 0.25) is 5.91 Å². The molecule has 0 unspecified atom stereocenters. The molecule has 0 aliphatic heterocycles. The molecule has 0 aliphatic rings. The van der Waals surface area contributed by atoms with Crippen LogP contribution in [0.3, 0.4) is 0 Å². The third-order valence-electron chi connectivity index (χ3n) is 2.32. The number of halogens is 1. The summed E-state index contributed by atoms with van der Waals surface area (Å²) in [6.07, 6.45) is 1.05. The van der Waals surface area contributed by atoms with E-state index in [0.717, 1.165) is 9.37 Å². The monoisotopic (exact) mass is 345 g/mol. The number of hydrogen-bond donors (Lipinski definition) is 1. The Morgan fingerprint density at radius 3 is 2.37 bits per heavy atom. The number of carbonyl (C=O) groups is 1. The smallest absolute Gasteiger partial charge is 0.220 e. The number of rotatable bonds is 5. The van der Waals surface area contributed by atoms with Crippen molar-refractivity contribution in [1.29, 1.82) is 0 Å². The summed E-state index contributed by atoms with van der Waals surface area (Å²) in [6, 6.07) is 7.43. The van der Waals surface area contributed by atoms with E-state index in [1.165, 1.54) is 0 Å². The lowest BCUT2D eigenvalue weighted by Gasteiger charge is -2.20. The van der Waals surface area contributed by atoms with Gasteiger partial charge in [0.1, 0.15) is 0 Å². The molecule has 1 aromatic rings. The third-order valence-corrected chi connectivity index (χ3v) is 4.31. The van der Waals surface area contributed by atoms with Crippen molar-refractivity contribution in [2.24, 2.45) is 0 Å². The van der Waals surface area contributed by atoms with Gasteiger partial charge < -0.3 is 5.32 Å². The van der Waals surface area contributed by atoms with E-state index < -0.39 is 10.8 Å². The van der Waals surface area contributed by atoms with Crippen molar-refractivity contribution >= 4 is 32.6 Å². The molecule has 1 amide bonds. The number of carbonyl (C=O) groups excluding carboxylic acids is 1. The zero-order valence-corrected chi connectivity index (χ0v) is 13.9. The molecule has 5 heteroatoms. The molecule has 0 saturated carbocycles. The molecule has 1 N–H and O–H groups in total. The second-order valence-corrected chi connectivity index (χ2v) is 7.89. The molecule has 3 nitrogen and oxygen atoms in total. The van der Waals surface area contributed by atoms with Gasteiger partial charge in [0.25, 0.3) is 0 Å². The average molecular weight is 346 g/mol. The Morgan fingerprint density at radius 2 is 1.84 bits per heavy atom. The highest BCUT2D eigenvalue weighted by molar-refractivity contribution is 9.10. The van der Waals surface area contributed by atoms with Gasteiger partial charge in [-0.15, -0.1) is 0 Å². The summed E-state index contributed by atoms with van der Waals surface area (Å²) in [5.41, 5.74) is -0.206. The van der Waals surface area contributed by atoms with Crippen LogP contribution < -0.4 is 5.32 Å². The first-order valence-electron chi connectivity index (χ1n) is 6.23. The fourth-order valence-electron chi connectivity index (χ4n) is 1.55. The molecular weight excluding hydrogens is 326 g/mol. The first-order chi connectivity index (χ1) is 8.78. The number of hydrogen-bond acceptors (Lipinski definition) is 2. The second-order valence-electron chi connectivity index (χ2n) is 5.41. The van der Waals surface area contributed by atoms with E-state index in [-0.39, 0.29) is 11.4 Å². The molecule has 1 atom stereocenters. The first kappa shape index (κ1) is 16.4. The predicted octanol–water partition coefficient (Wildman–Crippen LogP) is 3.25. The van der Waals surface area contributed by atoms with Crippen LogP contribution in [0.15, 0.2) is 33.6 Å². The second kappa shape index (κ2) is 7.20. The van der Waals surface area contributed by atoms with E-state index in [0.29, 0.717) is 18.6 Å². The Morgan fingerprint density at radius 1 is 1.26 bits per heavy atom. The highest BCUT2D eigenvalue weighted by atomic mass is 79.9. The number of amides is 1. The van der Waals surface area contributed by atoms with Crippen LogP contribution in [0.5, 0.6) is 0 Å². The summed E-state index contributed by atoms with van der Waals surface area (Å²) in [4.78, 5) is 12.4. The third kappa shape index (κ3) is 6.87. The molecule has 0 fully saturated rings. The standard InChI is InChI=1S/C14H20BrNO2S/c1-14(2,3)16-13(17)5-4-10-19(18)12-8-6-11(15)7-9-12/h6-9H,4-5,10H2,1-3H3,(H,16,17)/t19-/m0/s1. The van der Waals surface area contributed by atoms with E-state index >= 15 is 0 Å². The molecule has 0 bridgehead atoms. The molecule has 0 heterocycles. The summed E-state index contributed by atoms with van der Waals surface area (Å²) >= 11 is 3.34. The molecular formula is C14H20BrNO2S. The summed E-state index contributed by atoms with van der Waals surface area (Å²) in [6.45, 7) is 5.85. The van der Waals surface area contributed by atoms with Crippen molar-refractivity contribution in [2.75, 3.05) is 5.75 Å². The van der Waals surface area contributed by atoms with E-state index in [1.807, 2.05) is 45.0 Å². The maximum absolute atomic E-state index is 12.0. The Hall–Kier alpha value is -0.680. The van der Waals surface area contributed by atoms with Gasteiger partial charge in [-0.1, -0.05) is 15.9 Å². The van der Waals surface area contributed by atoms with Crippen LogP contribution >= 0.6 is 15.9 Å². The first-order valence-corrected chi connectivity index (χ1v) is 8.34. The summed E-state index contributed by atoms with van der Waals surface area (Å²) < 4.78 is 13.0. The van der Waals surface area contributed by atoms with Crippen molar-refractivity contribution in [3.05, 3.63) is 28.7 Å². The van der Waals surface area contributed by atoms with Crippen LogP contribution in [-0.2, 0) is 15.6 Å². The minimum atomic E-state index is -1.03. The molecule has 1 aromatic carbocycles. The van der Waals surface area contributed by atoms with E-state index in [2.05, 4.69) is 21.2 Å². The normalized spacial score (nSPS) is 13.1. The van der Waals surface area contributed by atoms with Gasteiger partial charge >= 0.3 is 0 Å². The van der Waals surface area contributed by atoms with Gasteiger partial charge in [-0.3, -0.25) is 9.00 Å². The predicted molar refractivity (Wildman–Crippen MR) is 82.5 cm³/mol. The Labute approximate surface area is 125 Å². The zero-order valence-electron chi connectivity index (χ0n) is 11.5. The van der Waals surface area contributed by atoms with Gasteiger partial charge in [-0.2, -0.15) is 0 Å².